The zero-order valence-corrected chi connectivity index (χ0v) is 26.5. The number of para-hydroxylation sites is 1. The van der Waals surface area contributed by atoms with Crippen LogP contribution in [0, 0.1) is 0 Å². The molecule has 0 saturated carbocycles. The molecule has 3 N–H and O–H groups in total. The van der Waals surface area contributed by atoms with Crippen LogP contribution in [-0.2, 0) is 31.0 Å². The van der Waals surface area contributed by atoms with E-state index in [9.17, 15) is 32.7 Å². The van der Waals surface area contributed by atoms with Crippen LogP contribution in [0.25, 0.3) is 10.5 Å². The Balaban J connectivity index is 1.72. The Morgan fingerprint density at radius 1 is 1.05 bits per heavy atom. The highest BCUT2D eigenvalue weighted by Gasteiger charge is 2.35. The van der Waals surface area contributed by atoms with Crippen LogP contribution in [-0.4, -0.2) is 73.7 Å². The number of allylic oxidation sites excluding steroid dienone is 3. The number of carboxylic acid groups (broad SMARTS) is 2. The predicted octanol–water partition coefficient (Wildman–Crippen LogP) is 1.90. The molecule has 0 aliphatic carbocycles. The summed E-state index contributed by atoms with van der Waals surface area (Å²) in [7, 11) is -4.10. The van der Waals surface area contributed by atoms with Crippen molar-refractivity contribution in [2.24, 2.45) is 0 Å². The summed E-state index contributed by atoms with van der Waals surface area (Å²) in [4.78, 5) is 52.8. The van der Waals surface area contributed by atoms with Gasteiger partial charge in [0.15, 0.2) is 0 Å². The van der Waals surface area contributed by atoms with Gasteiger partial charge in [-0.2, -0.15) is 8.42 Å². The van der Waals surface area contributed by atoms with Gasteiger partial charge in [-0.1, -0.05) is 60.0 Å². The lowest BCUT2D eigenvalue weighted by Crippen LogP contribution is -2.36. The van der Waals surface area contributed by atoms with Crippen LogP contribution in [0.2, 0.25) is 0 Å². The summed E-state index contributed by atoms with van der Waals surface area (Å²) < 4.78 is 33.2. The smallest absolute Gasteiger partial charge is 0.323 e. The van der Waals surface area contributed by atoms with Gasteiger partial charge in [-0.25, -0.2) is 0 Å². The maximum atomic E-state index is 13.4. The van der Waals surface area contributed by atoms with Gasteiger partial charge in [-0.05, 0) is 37.1 Å². The fourth-order valence-corrected chi connectivity index (χ4v) is 8.35. The highest BCUT2D eigenvalue weighted by Crippen LogP contribution is 2.45. The quantitative estimate of drug-likeness (QED) is 0.232. The predicted molar refractivity (Wildman–Crippen MR) is 170 cm³/mol. The highest BCUT2D eigenvalue weighted by molar-refractivity contribution is 8.30. The van der Waals surface area contributed by atoms with Crippen LogP contribution >= 0.6 is 47.1 Å². The van der Waals surface area contributed by atoms with E-state index >= 15 is 0 Å². The van der Waals surface area contributed by atoms with Crippen LogP contribution in [0.4, 0.5) is 5.69 Å². The number of hydrogen-bond donors (Lipinski definition) is 3. The van der Waals surface area contributed by atoms with Crippen molar-refractivity contribution >= 4 is 95.5 Å². The fourth-order valence-electron chi connectivity index (χ4n) is 4.20. The van der Waals surface area contributed by atoms with E-state index in [0.29, 0.717) is 12.1 Å². The Morgan fingerprint density at radius 2 is 1.77 bits per heavy atom. The summed E-state index contributed by atoms with van der Waals surface area (Å²) in [5.41, 5.74) is 0.952. The lowest BCUT2D eigenvalue weighted by Gasteiger charge is -2.19. The SMILES string of the molecule is CC(/C=C/C=C1\Sc2ccccc2N1CCCS(=O)(=O)O)=c1\s/c(=C2/SC(=S)N(CC(=O)O)C2=O)n(CCC(=O)O)c1=O. The normalized spacial score (nSPS) is 18.2. The fraction of sp³-hybridized carbons (Fsp3) is 0.269. The van der Waals surface area contributed by atoms with E-state index in [-0.39, 0.29) is 43.6 Å². The van der Waals surface area contributed by atoms with E-state index in [1.807, 2.05) is 35.2 Å². The van der Waals surface area contributed by atoms with Crippen molar-refractivity contribution in [3.05, 3.63) is 67.1 Å². The Labute approximate surface area is 263 Å². The van der Waals surface area contributed by atoms with Gasteiger partial charge < -0.3 is 15.1 Å². The summed E-state index contributed by atoms with van der Waals surface area (Å²) in [5.74, 6) is -3.43. The van der Waals surface area contributed by atoms with Gasteiger partial charge >= 0.3 is 11.9 Å². The molecular weight excluding hydrogens is 659 g/mol. The molecule has 1 aromatic heterocycles. The molecule has 17 heteroatoms. The van der Waals surface area contributed by atoms with E-state index in [4.69, 9.17) is 21.9 Å². The summed E-state index contributed by atoms with van der Waals surface area (Å²) in [6.45, 7) is 1.21. The monoisotopic (exact) mass is 683 g/mol. The lowest BCUT2D eigenvalue weighted by molar-refractivity contribution is -0.140. The summed E-state index contributed by atoms with van der Waals surface area (Å²) >= 11 is 8.52. The van der Waals surface area contributed by atoms with E-state index < -0.39 is 40.1 Å². The van der Waals surface area contributed by atoms with Gasteiger partial charge in [0.2, 0.25) is 0 Å². The zero-order chi connectivity index (χ0) is 31.5. The van der Waals surface area contributed by atoms with Crippen LogP contribution in [0.1, 0.15) is 19.8 Å². The number of fused-ring (bicyclic) bond motifs is 1. The summed E-state index contributed by atoms with van der Waals surface area (Å²) in [6.07, 6.45) is 5.07. The van der Waals surface area contributed by atoms with Crippen molar-refractivity contribution in [2.45, 2.75) is 31.2 Å². The number of nitrogens with zero attached hydrogens (tertiary/aromatic N) is 3. The number of benzene rings is 1. The van der Waals surface area contributed by atoms with E-state index in [0.717, 1.165) is 43.6 Å². The van der Waals surface area contributed by atoms with Gasteiger partial charge in [-0.3, -0.25) is 33.2 Å². The molecule has 0 unspecified atom stereocenters. The Bertz CT molecular complexity index is 1860. The minimum Gasteiger partial charge on any atom is -0.481 e. The molecule has 4 rings (SSSR count). The van der Waals surface area contributed by atoms with E-state index in [1.165, 1.54) is 16.3 Å². The molecule has 0 atom stereocenters. The number of aliphatic carboxylic acids is 2. The van der Waals surface area contributed by atoms with Crippen molar-refractivity contribution in [3.8, 4) is 0 Å². The third kappa shape index (κ3) is 7.84. The first-order valence-corrected chi connectivity index (χ1v) is 17.0. The second-order valence-electron chi connectivity index (χ2n) is 9.23. The number of rotatable bonds is 11. The van der Waals surface area contributed by atoms with Gasteiger partial charge in [0.05, 0.1) is 27.4 Å². The average Bonchev–Trinajstić information content (AvgIpc) is 3.53. The highest BCUT2D eigenvalue weighted by atomic mass is 32.2. The number of thioether (sulfide) groups is 2. The van der Waals surface area contributed by atoms with Crippen molar-refractivity contribution in [1.29, 1.82) is 0 Å². The minimum absolute atomic E-state index is 0.0259. The Kier molecular flexibility index (Phi) is 10.3. The number of anilines is 1. The van der Waals surface area contributed by atoms with Crippen molar-refractivity contribution in [3.63, 3.8) is 0 Å². The third-order valence-corrected chi connectivity index (χ3v) is 11.0. The number of carboxylic acids is 2. The molecule has 1 amide bonds. The average molecular weight is 684 g/mol. The van der Waals surface area contributed by atoms with Crippen molar-refractivity contribution < 1.29 is 37.6 Å². The molecule has 2 aliphatic heterocycles. The number of amides is 1. The molecule has 43 heavy (non-hydrogen) atoms. The maximum Gasteiger partial charge on any atom is 0.323 e. The number of carbonyl (C=O) groups is 3. The van der Waals surface area contributed by atoms with Crippen LogP contribution < -0.4 is 19.7 Å². The number of hydrogen-bond acceptors (Lipinski definition) is 11. The van der Waals surface area contributed by atoms with Gasteiger partial charge in [0, 0.05) is 18.0 Å². The number of aromatic nitrogens is 1. The second-order valence-corrected chi connectivity index (χ2v) is 14.5. The first-order valence-electron chi connectivity index (χ1n) is 12.6. The Hall–Kier alpha value is -3.22. The van der Waals surface area contributed by atoms with Gasteiger partial charge in [0.25, 0.3) is 21.6 Å². The third-order valence-electron chi connectivity index (χ3n) is 6.13. The largest absolute Gasteiger partial charge is 0.481 e. The molecule has 0 radical (unpaired) electrons. The topological polar surface area (TPSA) is 175 Å². The Morgan fingerprint density at radius 3 is 2.44 bits per heavy atom. The second kappa shape index (κ2) is 13.6. The molecule has 2 aromatic rings. The molecule has 228 valence electrons. The molecular formula is C26H25N3O9S5. The van der Waals surface area contributed by atoms with Gasteiger partial charge in [0.1, 0.15) is 20.4 Å². The molecule has 1 fully saturated rings. The zero-order valence-electron chi connectivity index (χ0n) is 22.5. The number of thiazole rings is 1. The van der Waals surface area contributed by atoms with Crippen molar-refractivity contribution in [1.82, 2.24) is 9.47 Å². The lowest BCUT2D eigenvalue weighted by atomic mass is 10.2. The molecule has 0 bridgehead atoms. The molecule has 12 nitrogen and oxygen atoms in total. The minimum atomic E-state index is -4.10. The maximum absolute atomic E-state index is 13.4. The van der Waals surface area contributed by atoms with Crippen LogP contribution in [0.5, 0.6) is 0 Å². The van der Waals surface area contributed by atoms with Crippen LogP contribution in [0.15, 0.2) is 57.2 Å². The molecule has 3 heterocycles. The summed E-state index contributed by atoms with van der Waals surface area (Å²) in [6, 6.07) is 7.61. The van der Waals surface area contributed by atoms with Crippen molar-refractivity contribution in [2.75, 3.05) is 23.7 Å². The summed E-state index contributed by atoms with van der Waals surface area (Å²) in [5, 5.41) is 19.2. The number of thiocarbonyl (C=S) groups is 1. The van der Waals surface area contributed by atoms with Gasteiger partial charge in [-0.15, -0.1) is 11.3 Å². The molecule has 1 aromatic carbocycles. The standard InChI is InChI=1S/C26H25N3O9S5/c1-15(6-4-9-18-27(11-5-13-43(36,37)38)16-7-2-3-8-17(16)40-18)21-23(34)28(12-10-19(30)31)25(41-21)22-24(35)29(14-20(32)33)26(39)42-22/h2-4,6-9H,5,10-14H2,1H3,(H,30,31)(H,32,33)(H,36,37,38)/b6-4+,18-9-,21-15+,25-22+. The molecule has 1 saturated heterocycles. The first-order chi connectivity index (χ1) is 20.3. The van der Waals surface area contributed by atoms with E-state index in [1.54, 1.807) is 19.1 Å². The van der Waals surface area contributed by atoms with E-state index in [2.05, 4.69) is 0 Å². The number of carbonyl (C=O) groups excluding carboxylic acids is 1. The molecule has 0 spiro atoms. The molecule has 2 aliphatic rings. The first kappa shape index (κ1) is 32.7. The van der Waals surface area contributed by atoms with Crippen LogP contribution in [0.3, 0.4) is 0 Å².